The average molecular weight is 468 g/mol. The number of hydrogen-bond acceptors (Lipinski definition) is 8. The second-order valence-electron chi connectivity index (χ2n) is 8.30. The van der Waals surface area contributed by atoms with Crippen LogP contribution in [-0.2, 0) is 11.3 Å². The summed E-state index contributed by atoms with van der Waals surface area (Å²) in [6, 6.07) is 3.67. The standard InChI is InChI=1S/C23H29N7O2S/c1-14-7-8-26-20(29-14)12-28-22(31)16(25-5)9-15(24)17-11-27-21-10-18(32-6)19(13-30(17)21)33-23(2,3)4/h7-11,13H,12,24H2,1-6H3,(H,28,31)/b15-9-,25-16?. The molecule has 3 N–H and O–H groups in total. The van der Waals surface area contributed by atoms with Gasteiger partial charge >= 0.3 is 0 Å². The SMILES string of the molecule is CN=C(/C=C(\N)c1cnc2cc(OC)c(SC(C)(C)C)cn12)C(=O)NCc1nccc(C)n1. The monoisotopic (exact) mass is 467 g/mol. The molecule has 0 saturated carbocycles. The van der Waals surface area contributed by atoms with Gasteiger partial charge in [0, 0.05) is 35.9 Å². The second kappa shape index (κ2) is 10.0. The van der Waals surface area contributed by atoms with Crippen LogP contribution in [0, 0.1) is 6.92 Å². The van der Waals surface area contributed by atoms with Gasteiger partial charge in [0.05, 0.1) is 36.1 Å². The Balaban J connectivity index is 1.86. The van der Waals surface area contributed by atoms with E-state index in [0.29, 0.717) is 22.9 Å². The first-order valence-electron chi connectivity index (χ1n) is 10.4. The maximum atomic E-state index is 12.7. The second-order valence-corrected chi connectivity index (χ2v) is 10.2. The van der Waals surface area contributed by atoms with E-state index in [4.69, 9.17) is 10.5 Å². The molecule has 0 aliphatic rings. The van der Waals surface area contributed by atoms with E-state index in [1.165, 1.54) is 6.08 Å². The van der Waals surface area contributed by atoms with E-state index in [9.17, 15) is 4.79 Å². The van der Waals surface area contributed by atoms with Crippen molar-refractivity contribution < 1.29 is 9.53 Å². The summed E-state index contributed by atoms with van der Waals surface area (Å²) < 4.78 is 7.42. The first-order chi connectivity index (χ1) is 15.6. The number of amides is 1. The van der Waals surface area contributed by atoms with Crippen molar-refractivity contribution in [2.45, 2.75) is 43.9 Å². The van der Waals surface area contributed by atoms with E-state index in [0.717, 1.165) is 16.3 Å². The highest BCUT2D eigenvalue weighted by atomic mass is 32.2. The molecule has 3 heterocycles. The van der Waals surface area contributed by atoms with Crippen LogP contribution in [0.15, 0.2) is 46.7 Å². The summed E-state index contributed by atoms with van der Waals surface area (Å²) >= 11 is 1.69. The number of carbonyl (C=O) groups excluding carboxylic acids is 1. The number of nitrogens with zero attached hydrogens (tertiary/aromatic N) is 5. The third-order valence-electron chi connectivity index (χ3n) is 4.52. The van der Waals surface area contributed by atoms with Crippen LogP contribution in [0.3, 0.4) is 0 Å². The lowest BCUT2D eigenvalue weighted by Crippen LogP contribution is -2.30. The lowest BCUT2D eigenvalue weighted by molar-refractivity contribution is -0.114. The number of thioether (sulfide) groups is 1. The lowest BCUT2D eigenvalue weighted by atomic mass is 10.2. The first kappa shape index (κ1) is 24.2. The van der Waals surface area contributed by atoms with Crippen molar-refractivity contribution in [2.24, 2.45) is 10.7 Å². The molecule has 0 aliphatic heterocycles. The van der Waals surface area contributed by atoms with E-state index in [1.807, 2.05) is 23.6 Å². The van der Waals surface area contributed by atoms with Gasteiger partial charge in [-0.2, -0.15) is 0 Å². The number of aromatic nitrogens is 4. The van der Waals surface area contributed by atoms with Crippen LogP contribution >= 0.6 is 11.8 Å². The number of fused-ring (bicyclic) bond motifs is 1. The third-order valence-corrected chi connectivity index (χ3v) is 5.66. The Labute approximate surface area is 197 Å². The molecule has 10 heteroatoms. The molecule has 0 atom stereocenters. The van der Waals surface area contributed by atoms with Gasteiger partial charge in [0.2, 0.25) is 0 Å². The highest BCUT2D eigenvalue weighted by Crippen LogP contribution is 2.38. The maximum Gasteiger partial charge on any atom is 0.269 e. The molecule has 0 bridgehead atoms. The molecule has 0 saturated heterocycles. The summed E-state index contributed by atoms with van der Waals surface area (Å²) in [6.07, 6.45) is 6.81. The number of hydrogen-bond donors (Lipinski definition) is 2. The summed E-state index contributed by atoms with van der Waals surface area (Å²) in [6.45, 7) is 8.46. The number of nitrogens with one attached hydrogen (secondary N) is 1. The number of aryl methyl sites for hydroxylation is 1. The van der Waals surface area contributed by atoms with Gasteiger partial charge < -0.3 is 15.8 Å². The summed E-state index contributed by atoms with van der Waals surface area (Å²) in [7, 11) is 3.18. The van der Waals surface area contributed by atoms with Crippen LogP contribution in [0.4, 0.5) is 0 Å². The van der Waals surface area contributed by atoms with E-state index >= 15 is 0 Å². The third kappa shape index (κ3) is 6.10. The molecule has 3 aromatic heterocycles. The Kier molecular flexibility index (Phi) is 7.37. The Morgan fingerprint density at radius 2 is 2.12 bits per heavy atom. The molecule has 0 aliphatic carbocycles. The van der Waals surface area contributed by atoms with Crippen molar-refractivity contribution in [3.8, 4) is 5.75 Å². The lowest BCUT2D eigenvalue weighted by Gasteiger charge is -2.19. The molecule has 0 aromatic carbocycles. The number of nitrogens with two attached hydrogens (primary N) is 1. The minimum absolute atomic E-state index is 0.00970. The highest BCUT2D eigenvalue weighted by Gasteiger charge is 2.19. The summed E-state index contributed by atoms with van der Waals surface area (Å²) in [5, 5.41) is 2.78. The van der Waals surface area contributed by atoms with E-state index in [1.54, 1.807) is 44.4 Å². The summed E-state index contributed by atoms with van der Waals surface area (Å²) in [5.74, 6) is 0.899. The van der Waals surface area contributed by atoms with E-state index in [-0.39, 0.29) is 22.9 Å². The van der Waals surface area contributed by atoms with Gasteiger partial charge in [-0.25, -0.2) is 15.0 Å². The number of imidazole rings is 1. The predicted octanol–water partition coefficient (Wildman–Crippen LogP) is 3.02. The number of ether oxygens (including phenoxy) is 1. The molecule has 3 rings (SSSR count). The van der Waals surface area contributed by atoms with Crippen LogP contribution < -0.4 is 15.8 Å². The maximum absolute atomic E-state index is 12.7. The van der Waals surface area contributed by atoms with Gasteiger partial charge in [0.1, 0.15) is 22.9 Å². The number of carbonyl (C=O) groups is 1. The van der Waals surface area contributed by atoms with Crippen LogP contribution in [0.1, 0.15) is 38.0 Å². The van der Waals surface area contributed by atoms with E-state index < -0.39 is 0 Å². The smallest absolute Gasteiger partial charge is 0.269 e. The largest absolute Gasteiger partial charge is 0.495 e. The van der Waals surface area contributed by atoms with Crippen LogP contribution in [0.2, 0.25) is 0 Å². The fourth-order valence-corrected chi connectivity index (χ4v) is 4.12. The molecule has 33 heavy (non-hydrogen) atoms. The van der Waals surface area contributed by atoms with Crippen molar-refractivity contribution in [3.05, 3.63) is 54.0 Å². The molecule has 3 aromatic rings. The molecule has 0 unspecified atom stereocenters. The molecule has 0 radical (unpaired) electrons. The molecule has 0 fully saturated rings. The number of rotatable bonds is 7. The Morgan fingerprint density at radius 1 is 1.36 bits per heavy atom. The zero-order valence-corrected chi connectivity index (χ0v) is 20.5. The number of aliphatic imine (C=N–C) groups is 1. The van der Waals surface area contributed by atoms with Gasteiger partial charge in [-0.1, -0.05) is 20.8 Å². The van der Waals surface area contributed by atoms with Crippen molar-refractivity contribution >= 4 is 34.7 Å². The zero-order chi connectivity index (χ0) is 24.2. The number of pyridine rings is 1. The molecular formula is C23H29N7O2S. The van der Waals surface area contributed by atoms with Gasteiger partial charge in [-0.05, 0) is 19.1 Å². The zero-order valence-electron chi connectivity index (χ0n) is 19.7. The topological polar surface area (TPSA) is 120 Å². The van der Waals surface area contributed by atoms with Crippen molar-refractivity contribution in [1.82, 2.24) is 24.7 Å². The van der Waals surface area contributed by atoms with Crippen molar-refractivity contribution in [1.29, 1.82) is 0 Å². The van der Waals surface area contributed by atoms with Gasteiger partial charge in [-0.15, -0.1) is 11.8 Å². The van der Waals surface area contributed by atoms with Crippen molar-refractivity contribution in [2.75, 3.05) is 14.2 Å². The van der Waals surface area contributed by atoms with Gasteiger partial charge in [-0.3, -0.25) is 14.2 Å². The minimum Gasteiger partial charge on any atom is -0.495 e. The minimum atomic E-state index is -0.370. The Bertz CT molecular complexity index is 1230. The average Bonchev–Trinajstić information content (AvgIpc) is 3.16. The highest BCUT2D eigenvalue weighted by molar-refractivity contribution is 8.00. The molecule has 0 spiro atoms. The predicted molar refractivity (Wildman–Crippen MR) is 131 cm³/mol. The normalized spacial score (nSPS) is 12.8. The molecule has 1 amide bonds. The van der Waals surface area contributed by atoms with Crippen LogP contribution in [0.5, 0.6) is 5.75 Å². The fourth-order valence-electron chi connectivity index (χ4n) is 3.06. The fraction of sp³-hybridized carbons (Fsp3) is 0.348. The molecule has 9 nitrogen and oxygen atoms in total. The van der Waals surface area contributed by atoms with Gasteiger partial charge in [0.25, 0.3) is 5.91 Å². The Morgan fingerprint density at radius 3 is 2.76 bits per heavy atom. The quantitative estimate of drug-likeness (QED) is 0.405. The van der Waals surface area contributed by atoms with Crippen LogP contribution in [-0.4, -0.2) is 49.9 Å². The first-order valence-corrected chi connectivity index (χ1v) is 11.2. The van der Waals surface area contributed by atoms with Crippen molar-refractivity contribution in [3.63, 3.8) is 0 Å². The van der Waals surface area contributed by atoms with E-state index in [2.05, 4.69) is 46.0 Å². The summed E-state index contributed by atoms with van der Waals surface area (Å²) in [4.78, 5) is 30.6. The molecule has 174 valence electrons. The van der Waals surface area contributed by atoms with Gasteiger partial charge in [0.15, 0.2) is 0 Å². The Hall–Kier alpha value is -3.40. The molecular weight excluding hydrogens is 438 g/mol. The summed E-state index contributed by atoms with van der Waals surface area (Å²) in [5.41, 5.74) is 9.09. The van der Waals surface area contributed by atoms with Crippen LogP contribution in [0.25, 0.3) is 11.3 Å². The number of methoxy groups -OCH3 is 1.